The van der Waals surface area contributed by atoms with E-state index in [1.165, 1.54) is 17.0 Å². The van der Waals surface area contributed by atoms with E-state index in [1.54, 1.807) is 56.7 Å². The number of hydrogen-bond acceptors (Lipinski definition) is 2. The maximum absolute atomic E-state index is 13.6. The van der Waals surface area contributed by atoms with Crippen molar-refractivity contribution in [2.75, 3.05) is 14.1 Å². The Hall–Kier alpha value is -2.49. The summed E-state index contributed by atoms with van der Waals surface area (Å²) in [5.74, 6) is -0.394. The zero-order valence-electron chi connectivity index (χ0n) is 11.4. The lowest BCUT2D eigenvalue weighted by atomic mass is 10.1. The summed E-state index contributed by atoms with van der Waals surface area (Å²) >= 11 is 0. The minimum Gasteiger partial charge on any atom is -0.345 e. The second-order valence-electron chi connectivity index (χ2n) is 4.52. The predicted octanol–water partition coefficient (Wildman–Crippen LogP) is 2.99. The quantitative estimate of drug-likeness (QED) is 0.803. The maximum Gasteiger partial charge on any atom is 0.246 e. The van der Waals surface area contributed by atoms with E-state index in [-0.39, 0.29) is 11.7 Å². The number of nitrogens with zero attached hydrogens (tertiary/aromatic N) is 2. The summed E-state index contributed by atoms with van der Waals surface area (Å²) in [6.07, 6.45) is 4.77. The fourth-order valence-electron chi connectivity index (χ4n) is 1.65. The van der Waals surface area contributed by atoms with E-state index in [9.17, 15) is 9.18 Å². The highest BCUT2D eigenvalue weighted by Gasteiger charge is 2.04. The Labute approximate surface area is 117 Å². The number of benzene rings is 1. The largest absolute Gasteiger partial charge is 0.345 e. The van der Waals surface area contributed by atoms with Crippen LogP contribution in [0.25, 0.3) is 17.3 Å². The average Bonchev–Trinajstić information content (AvgIpc) is 2.46. The summed E-state index contributed by atoms with van der Waals surface area (Å²) in [4.78, 5) is 17.1. The summed E-state index contributed by atoms with van der Waals surface area (Å²) in [5, 5.41) is 0. The minimum atomic E-state index is -0.300. The van der Waals surface area contributed by atoms with Gasteiger partial charge in [-0.05, 0) is 29.8 Å². The van der Waals surface area contributed by atoms with Crippen LogP contribution < -0.4 is 0 Å². The maximum atomic E-state index is 13.6. The van der Waals surface area contributed by atoms with Gasteiger partial charge in [0.05, 0.1) is 5.69 Å². The molecule has 0 unspecified atom stereocenters. The summed E-state index contributed by atoms with van der Waals surface area (Å²) in [6.45, 7) is 0. The molecular weight excluding hydrogens is 255 g/mol. The SMILES string of the molecule is CN(C)C(=O)C=Cc1ccc(-c2ccccc2F)nc1. The molecule has 1 aromatic heterocycles. The predicted molar refractivity (Wildman–Crippen MR) is 77.4 cm³/mol. The smallest absolute Gasteiger partial charge is 0.246 e. The van der Waals surface area contributed by atoms with Crippen molar-refractivity contribution < 1.29 is 9.18 Å². The molecule has 3 nitrogen and oxygen atoms in total. The van der Waals surface area contributed by atoms with Crippen molar-refractivity contribution in [1.82, 2.24) is 9.88 Å². The van der Waals surface area contributed by atoms with Crippen LogP contribution in [0.5, 0.6) is 0 Å². The summed E-state index contributed by atoms with van der Waals surface area (Å²) < 4.78 is 13.6. The second-order valence-corrected chi connectivity index (χ2v) is 4.52. The van der Waals surface area contributed by atoms with Gasteiger partial charge in [0, 0.05) is 31.9 Å². The minimum absolute atomic E-state index is 0.0943. The van der Waals surface area contributed by atoms with Crippen LogP contribution in [0, 0.1) is 5.82 Å². The van der Waals surface area contributed by atoms with E-state index >= 15 is 0 Å². The third-order valence-electron chi connectivity index (χ3n) is 2.80. The number of rotatable bonds is 3. The van der Waals surface area contributed by atoms with Gasteiger partial charge in [0.2, 0.25) is 5.91 Å². The number of halogens is 1. The molecule has 0 aliphatic heterocycles. The first-order chi connectivity index (χ1) is 9.58. The lowest BCUT2D eigenvalue weighted by molar-refractivity contribution is -0.123. The lowest BCUT2D eigenvalue weighted by Gasteiger charge is -2.05. The first-order valence-electron chi connectivity index (χ1n) is 6.18. The Morgan fingerprint density at radius 3 is 2.55 bits per heavy atom. The number of aromatic nitrogens is 1. The zero-order chi connectivity index (χ0) is 14.5. The second kappa shape index (κ2) is 6.10. The van der Waals surface area contributed by atoms with Crippen LogP contribution in [0.1, 0.15) is 5.56 Å². The highest BCUT2D eigenvalue weighted by atomic mass is 19.1. The summed E-state index contributed by atoms with van der Waals surface area (Å²) in [7, 11) is 3.37. The normalized spacial score (nSPS) is 10.8. The summed E-state index contributed by atoms with van der Waals surface area (Å²) in [6, 6.07) is 10.0. The van der Waals surface area contributed by atoms with E-state index in [1.807, 2.05) is 0 Å². The highest BCUT2D eigenvalue weighted by Crippen LogP contribution is 2.20. The molecule has 0 N–H and O–H groups in total. The van der Waals surface area contributed by atoms with Gasteiger partial charge in [0.15, 0.2) is 0 Å². The van der Waals surface area contributed by atoms with Crippen LogP contribution in [0.3, 0.4) is 0 Å². The Morgan fingerprint density at radius 2 is 1.95 bits per heavy atom. The molecule has 1 amide bonds. The number of hydrogen-bond donors (Lipinski definition) is 0. The van der Waals surface area contributed by atoms with Gasteiger partial charge in [0.1, 0.15) is 5.82 Å². The summed E-state index contributed by atoms with van der Waals surface area (Å²) in [5.41, 5.74) is 1.83. The monoisotopic (exact) mass is 270 g/mol. The molecule has 0 saturated carbocycles. The van der Waals surface area contributed by atoms with Gasteiger partial charge in [-0.15, -0.1) is 0 Å². The van der Waals surface area contributed by atoms with Crippen LogP contribution in [-0.2, 0) is 4.79 Å². The molecule has 0 fully saturated rings. The standard InChI is InChI=1S/C16H15FN2O/c1-19(2)16(20)10-8-12-7-9-15(18-11-12)13-5-3-4-6-14(13)17/h3-11H,1-2H3. The molecule has 102 valence electrons. The first kappa shape index (κ1) is 13.9. The van der Waals surface area contributed by atoms with E-state index in [0.29, 0.717) is 11.3 Å². The van der Waals surface area contributed by atoms with E-state index in [4.69, 9.17) is 0 Å². The number of pyridine rings is 1. The van der Waals surface area contributed by atoms with E-state index in [0.717, 1.165) is 5.56 Å². The van der Waals surface area contributed by atoms with Crippen molar-refractivity contribution in [3.8, 4) is 11.3 Å². The molecule has 2 rings (SSSR count). The number of likely N-dealkylation sites (N-methyl/N-ethyl adjacent to an activating group) is 1. The van der Waals surface area contributed by atoms with Crippen LogP contribution in [0.4, 0.5) is 4.39 Å². The Morgan fingerprint density at radius 1 is 1.20 bits per heavy atom. The van der Waals surface area contributed by atoms with Gasteiger partial charge in [-0.1, -0.05) is 18.2 Å². The van der Waals surface area contributed by atoms with Gasteiger partial charge in [-0.25, -0.2) is 4.39 Å². The van der Waals surface area contributed by atoms with Crippen LogP contribution in [0.2, 0.25) is 0 Å². The molecule has 0 atom stereocenters. The zero-order valence-corrected chi connectivity index (χ0v) is 11.4. The Bertz CT molecular complexity index is 633. The third kappa shape index (κ3) is 3.29. The van der Waals surface area contributed by atoms with Crippen molar-refractivity contribution in [1.29, 1.82) is 0 Å². The molecule has 0 aliphatic rings. The molecule has 1 heterocycles. The molecule has 0 saturated heterocycles. The highest BCUT2D eigenvalue weighted by molar-refractivity contribution is 5.91. The van der Waals surface area contributed by atoms with Crippen molar-refractivity contribution in [3.63, 3.8) is 0 Å². The van der Waals surface area contributed by atoms with Crippen molar-refractivity contribution >= 4 is 12.0 Å². The molecule has 4 heteroatoms. The van der Waals surface area contributed by atoms with E-state index in [2.05, 4.69) is 4.98 Å². The lowest BCUT2D eigenvalue weighted by Crippen LogP contribution is -2.18. The molecule has 0 aliphatic carbocycles. The molecule has 0 bridgehead atoms. The number of amides is 1. The van der Waals surface area contributed by atoms with Gasteiger partial charge < -0.3 is 4.90 Å². The molecule has 0 radical (unpaired) electrons. The number of carbonyl (C=O) groups is 1. The fraction of sp³-hybridized carbons (Fsp3) is 0.125. The van der Waals surface area contributed by atoms with Crippen LogP contribution >= 0.6 is 0 Å². The van der Waals surface area contributed by atoms with Gasteiger partial charge in [-0.3, -0.25) is 9.78 Å². The topological polar surface area (TPSA) is 33.2 Å². The van der Waals surface area contributed by atoms with Crippen LogP contribution in [0.15, 0.2) is 48.7 Å². The molecule has 1 aromatic carbocycles. The van der Waals surface area contributed by atoms with Crippen LogP contribution in [-0.4, -0.2) is 29.9 Å². The Balaban J connectivity index is 2.19. The first-order valence-corrected chi connectivity index (χ1v) is 6.18. The van der Waals surface area contributed by atoms with Gasteiger partial charge in [-0.2, -0.15) is 0 Å². The molecule has 20 heavy (non-hydrogen) atoms. The van der Waals surface area contributed by atoms with Crippen molar-refractivity contribution in [2.45, 2.75) is 0 Å². The Kier molecular flexibility index (Phi) is 4.25. The molecule has 0 spiro atoms. The van der Waals surface area contributed by atoms with Gasteiger partial charge in [0.25, 0.3) is 0 Å². The van der Waals surface area contributed by atoms with Crippen molar-refractivity contribution in [3.05, 3.63) is 60.1 Å². The average molecular weight is 270 g/mol. The third-order valence-corrected chi connectivity index (χ3v) is 2.80. The van der Waals surface area contributed by atoms with Gasteiger partial charge >= 0.3 is 0 Å². The molecule has 2 aromatic rings. The van der Waals surface area contributed by atoms with E-state index < -0.39 is 0 Å². The van der Waals surface area contributed by atoms with Crippen molar-refractivity contribution in [2.24, 2.45) is 0 Å². The molecular formula is C16H15FN2O. The fourth-order valence-corrected chi connectivity index (χ4v) is 1.65. The number of carbonyl (C=O) groups excluding carboxylic acids is 1.